The van der Waals surface area contributed by atoms with E-state index in [9.17, 15) is 19.2 Å². The van der Waals surface area contributed by atoms with Crippen molar-refractivity contribution in [2.75, 3.05) is 19.0 Å². The number of methoxy groups -OCH3 is 1. The molecule has 40 heavy (non-hydrogen) atoms. The number of rotatable bonds is 7. The average Bonchev–Trinajstić information content (AvgIpc) is 3.52. The van der Waals surface area contributed by atoms with Crippen molar-refractivity contribution in [1.29, 1.82) is 0 Å². The molecule has 0 bridgehead atoms. The predicted molar refractivity (Wildman–Crippen MR) is 153 cm³/mol. The summed E-state index contributed by atoms with van der Waals surface area (Å²) in [5, 5.41) is 8.46. The molecule has 3 aromatic rings. The first-order valence-electron chi connectivity index (χ1n) is 12.2. The van der Waals surface area contributed by atoms with Gasteiger partial charge in [-0.05, 0) is 59.3 Å². The first-order valence-corrected chi connectivity index (χ1v) is 13.4. The van der Waals surface area contributed by atoms with Crippen LogP contribution in [0.15, 0.2) is 94.9 Å². The molecule has 9 nitrogen and oxygen atoms in total. The number of hydrogen-bond acceptors (Lipinski definition) is 7. The van der Waals surface area contributed by atoms with Crippen molar-refractivity contribution < 1.29 is 23.9 Å². The summed E-state index contributed by atoms with van der Waals surface area (Å²) in [5.74, 6) is -1.21. The molecule has 1 atom stereocenters. The Morgan fingerprint density at radius 1 is 1.05 bits per heavy atom. The van der Waals surface area contributed by atoms with Crippen molar-refractivity contribution in [2.24, 2.45) is 5.10 Å². The second-order valence-corrected chi connectivity index (χ2v) is 10.3. The molecule has 1 unspecified atom stereocenters. The zero-order valence-electron chi connectivity index (χ0n) is 21.2. The number of nitrogens with one attached hydrogen (secondary N) is 1. The monoisotopic (exact) mass is 574 g/mol. The molecule has 4 amide bonds. The summed E-state index contributed by atoms with van der Waals surface area (Å²) >= 11 is 6.67. The number of hydrazone groups is 1. The number of amides is 4. The van der Waals surface area contributed by atoms with E-state index in [1.165, 1.54) is 12.1 Å². The molecule has 0 spiro atoms. The lowest BCUT2D eigenvalue weighted by atomic mass is 9.98. The van der Waals surface area contributed by atoms with Crippen molar-refractivity contribution in [2.45, 2.75) is 12.5 Å². The number of benzene rings is 3. The van der Waals surface area contributed by atoms with Gasteiger partial charge in [0.1, 0.15) is 12.3 Å². The van der Waals surface area contributed by atoms with Crippen LogP contribution >= 0.6 is 23.4 Å². The number of thioether (sulfide) groups is 1. The van der Waals surface area contributed by atoms with Gasteiger partial charge in [-0.25, -0.2) is 5.01 Å². The van der Waals surface area contributed by atoms with Gasteiger partial charge < -0.3 is 10.1 Å². The predicted octanol–water partition coefficient (Wildman–Crippen LogP) is 5.24. The van der Waals surface area contributed by atoms with Gasteiger partial charge >= 0.3 is 0 Å². The van der Waals surface area contributed by atoms with Crippen LogP contribution in [0.3, 0.4) is 0 Å². The zero-order valence-corrected chi connectivity index (χ0v) is 22.8. The summed E-state index contributed by atoms with van der Waals surface area (Å²) in [7, 11) is 1.53. The highest BCUT2D eigenvalue weighted by Gasteiger charge is 2.39. The van der Waals surface area contributed by atoms with E-state index in [1.54, 1.807) is 36.4 Å². The number of halogens is 1. The molecule has 3 aromatic carbocycles. The Bertz CT molecular complexity index is 1520. The molecule has 0 aromatic heterocycles. The largest absolute Gasteiger partial charge is 0.497 e. The van der Waals surface area contributed by atoms with Crippen molar-refractivity contribution >= 4 is 57.7 Å². The van der Waals surface area contributed by atoms with Crippen molar-refractivity contribution in [3.05, 3.63) is 106 Å². The van der Waals surface area contributed by atoms with E-state index in [-0.39, 0.29) is 4.91 Å². The summed E-state index contributed by atoms with van der Waals surface area (Å²) in [6.07, 6.45) is 1.56. The first-order chi connectivity index (χ1) is 19.3. The number of hydrogen-bond donors (Lipinski definition) is 1. The molecule has 0 saturated carbocycles. The highest BCUT2D eigenvalue weighted by atomic mass is 35.5. The Hall–Kier alpha value is -4.41. The summed E-state index contributed by atoms with van der Waals surface area (Å²) in [6, 6.07) is 22.8. The van der Waals surface area contributed by atoms with Gasteiger partial charge in [-0.1, -0.05) is 54.1 Å². The van der Waals surface area contributed by atoms with E-state index in [0.717, 1.165) is 22.1 Å². The quantitative estimate of drug-likeness (QED) is 0.386. The Balaban J connectivity index is 1.33. The van der Waals surface area contributed by atoms with Crippen LogP contribution in [0.4, 0.5) is 10.5 Å². The zero-order chi connectivity index (χ0) is 28.2. The smallest absolute Gasteiger partial charge is 0.294 e. The third kappa shape index (κ3) is 5.93. The van der Waals surface area contributed by atoms with Gasteiger partial charge in [0.15, 0.2) is 0 Å². The molecule has 2 heterocycles. The average molecular weight is 575 g/mol. The minimum absolute atomic E-state index is 0.0783. The van der Waals surface area contributed by atoms with E-state index < -0.39 is 35.5 Å². The van der Waals surface area contributed by atoms with Crippen LogP contribution in [0, 0.1) is 0 Å². The summed E-state index contributed by atoms with van der Waals surface area (Å²) in [5.41, 5.74) is 2.90. The van der Waals surface area contributed by atoms with Crippen molar-refractivity contribution in [3.8, 4) is 5.75 Å². The molecule has 1 saturated heterocycles. The molecule has 2 aliphatic rings. The molecule has 202 valence electrons. The maximum atomic E-state index is 13.4. The van der Waals surface area contributed by atoms with Crippen LogP contribution in [0.25, 0.3) is 0 Å². The molecule has 0 aliphatic carbocycles. The fourth-order valence-corrected chi connectivity index (χ4v) is 5.23. The summed E-state index contributed by atoms with van der Waals surface area (Å²) in [6.45, 7) is -0.490. The summed E-state index contributed by atoms with van der Waals surface area (Å²) < 4.78 is 5.09. The second-order valence-electron chi connectivity index (χ2n) is 8.91. The van der Waals surface area contributed by atoms with Crippen LogP contribution in [-0.2, 0) is 14.4 Å². The van der Waals surface area contributed by atoms with Gasteiger partial charge in [-0.3, -0.25) is 24.1 Å². The number of carbonyl (C=O) groups excluding carboxylic acids is 4. The molecular weight excluding hydrogens is 552 g/mol. The molecule has 2 aliphatic heterocycles. The maximum absolute atomic E-state index is 13.4. The molecule has 1 N–H and O–H groups in total. The normalized spacial score (nSPS) is 17.8. The van der Waals surface area contributed by atoms with Crippen molar-refractivity contribution in [1.82, 2.24) is 9.91 Å². The van der Waals surface area contributed by atoms with Gasteiger partial charge in [-0.15, -0.1) is 0 Å². The number of imide groups is 1. The topological polar surface area (TPSA) is 108 Å². The molecule has 11 heteroatoms. The van der Waals surface area contributed by atoms with Gasteiger partial charge in [0.05, 0.1) is 23.8 Å². The fourth-order valence-electron chi connectivity index (χ4n) is 4.30. The Kier molecular flexibility index (Phi) is 7.99. The minimum atomic E-state index is -0.720. The van der Waals surface area contributed by atoms with Crippen LogP contribution in [0.1, 0.15) is 23.6 Å². The Morgan fingerprint density at radius 2 is 1.75 bits per heavy atom. The van der Waals surface area contributed by atoms with E-state index in [1.807, 2.05) is 42.5 Å². The van der Waals surface area contributed by atoms with E-state index in [0.29, 0.717) is 40.4 Å². The molecular formula is C29H23ClN4O5S. The molecule has 5 rings (SSSR count). The molecule has 1 fully saturated rings. The molecule has 0 radical (unpaired) electrons. The first kappa shape index (κ1) is 27.2. The van der Waals surface area contributed by atoms with Crippen molar-refractivity contribution in [3.63, 3.8) is 0 Å². The highest BCUT2D eigenvalue weighted by molar-refractivity contribution is 8.18. The van der Waals surface area contributed by atoms with Crippen LogP contribution < -0.4 is 10.1 Å². The number of carbonyl (C=O) groups is 4. The van der Waals surface area contributed by atoms with E-state index >= 15 is 0 Å². The second kappa shape index (κ2) is 11.8. The summed E-state index contributed by atoms with van der Waals surface area (Å²) in [4.78, 5) is 52.3. The number of anilines is 1. The standard InChI is InChI=1S/C29H23ClN4O5S/c1-39-22-13-11-21(12-14-22)31-26(35)17-33-28(37)25(40-29(33)38)16-27(36)34-24(19-7-9-20(30)10-8-19)15-23(32-34)18-5-3-2-4-6-18/h2-14,16,24H,15,17H2,1H3,(H,31,35)/b25-16-. The van der Waals surface area contributed by atoms with Gasteiger partial charge in [-0.2, -0.15) is 5.10 Å². The SMILES string of the molecule is COc1ccc(NC(=O)CN2C(=O)S/C(=C\C(=O)N3N=C(c4ccccc4)CC3c3ccc(Cl)cc3)C2=O)cc1. The van der Waals surface area contributed by atoms with E-state index in [4.69, 9.17) is 16.3 Å². The van der Waals surface area contributed by atoms with Gasteiger partial charge in [0.25, 0.3) is 17.1 Å². The number of nitrogens with zero attached hydrogens (tertiary/aromatic N) is 3. The Labute approximate surface area is 239 Å². The van der Waals surface area contributed by atoms with Crippen LogP contribution in [0.5, 0.6) is 5.75 Å². The fraction of sp³-hybridized carbons (Fsp3) is 0.138. The lowest BCUT2D eigenvalue weighted by Crippen LogP contribution is -2.36. The van der Waals surface area contributed by atoms with E-state index in [2.05, 4.69) is 10.4 Å². The lowest BCUT2D eigenvalue weighted by molar-refractivity contribution is -0.129. The lowest BCUT2D eigenvalue weighted by Gasteiger charge is -2.21. The van der Waals surface area contributed by atoms with Crippen LogP contribution in [0.2, 0.25) is 5.02 Å². The highest BCUT2D eigenvalue weighted by Crippen LogP contribution is 2.35. The van der Waals surface area contributed by atoms with Gasteiger partial charge in [0.2, 0.25) is 5.91 Å². The third-order valence-corrected chi connectivity index (χ3v) is 7.46. The third-order valence-electron chi connectivity index (χ3n) is 6.30. The maximum Gasteiger partial charge on any atom is 0.294 e. The number of ether oxygens (including phenoxy) is 1. The van der Waals surface area contributed by atoms with Gasteiger partial charge in [0, 0.05) is 23.2 Å². The Morgan fingerprint density at radius 3 is 2.42 bits per heavy atom. The van der Waals surface area contributed by atoms with Crippen LogP contribution in [-0.4, -0.2) is 52.2 Å². The minimum Gasteiger partial charge on any atom is -0.497 e.